The highest BCUT2D eigenvalue weighted by Gasteiger charge is 2.20. The van der Waals surface area contributed by atoms with Crippen molar-refractivity contribution in [3.05, 3.63) is 41.8 Å². The molecule has 164 valence electrons. The molecule has 2 heterocycles. The van der Waals surface area contributed by atoms with Gasteiger partial charge in [-0.25, -0.2) is 4.99 Å². The fourth-order valence-corrected chi connectivity index (χ4v) is 3.40. The van der Waals surface area contributed by atoms with Gasteiger partial charge in [0.1, 0.15) is 6.26 Å². The fourth-order valence-electron chi connectivity index (χ4n) is 3.40. The van der Waals surface area contributed by atoms with Crippen molar-refractivity contribution in [2.75, 3.05) is 46.4 Å². The second-order valence-corrected chi connectivity index (χ2v) is 7.26. The molecule has 3 rings (SSSR count). The molecule has 1 aliphatic heterocycles. The average Bonchev–Trinajstić information content (AvgIpc) is 3.29. The number of hydrogen-bond donors (Lipinski definition) is 1. The van der Waals surface area contributed by atoms with Gasteiger partial charge in [-0.1, -0.05) is 18.1 Å². The summed E-state index contributed by atoms with van der Waals surface area (Å²) < 4.78 is 16.2. The van der Waals surface area contributed by atoms with E-state index in [1.165, 1.54) is 0 Å². The molecule has 1 fully saturated rings. The van der Waals surface area contributed by atoms with Crippen LogP contribution in [0.5, 0.6) is 11.5 Å². The van der Waals surface area contributed by atoms with E-state index in [-0.39, 0.29) is 0 Å². The van der Waals surface area contributed by atoms with Gasteiger partial charge in [0.25, 0.3) is 0 Å². The summed E-state index contributed by atoms with van der Waals surface area (Å²) in [5.74, 6) is 2.48. The van der Waals surface area contributed by atoms with Crippen molar-refractivity contribution >= 4 is 5.96 Å². The van der Waals surface area contributed by atoms with Crippen molar-refractivity contribution in [2.24, 2.45) is 4.99 Å². The van der Waals surface area contributed by atoms with E-state index in [0.717, 1.165) is 74.4 Å². The first-order chi connectivity index (χ1) is 14.7. The molecule has 0 bridgehead atoms. The summed E-state index contributed by atoms with van der Waals surface area (Å²) in [6.07, 6.45) is 2.59. The summed E-state index contributed by atoms with van der Waals surface area (Å²) in [5.41, 5.74) is 2.07. The van der Waals surface area contributed by atoms with E-state index in [2.05, 4.69) is 40.2 Å². The van der Waals surface area contributed by atoms with Crippen LogP contribution in [0.3, 0.4) is 0 Å². The number of benzene rings is 1. The zero-order valence-corrected chi connectivity index (χ0v) is 18.3. The molecule has 30 heavy (non-hydrogen) atoms. The van der Waals surface area contributed by atoms with Crippen molar-refractivity contribution in [1.82, 2.24) is 20.3 Å². The quantitative estimate of drug-likeness (QED) is 0.498. The Kier molecular flexibility index (Phi) is 8.38. The van der Waals surface area contributed by atoms with Gasteiger partial charge in [-0.15, -0.1) is 0 Å². The molecule has 2 aromatic rings. The van der Waals surface area contributed by atoms with Gasteiger partial charge in [0.05, 0.1) is 26.0 Å². The van der Waals surface area contributed by atoms with E-state index < -0.39 is 0 Å². The van der Waals surface area contributed by atoms with Crippen molar-refractivity contribution < 1.29 is 14.0 Å². The number of hydrogen-bond acceptors (Lipinski definition) is 6. The lowest BCUT2D eigenvalue weighted by molar-refractivity contribution is 0.169. The maximum atomic E-state index is 5.74. The largest absolute Gasteiger partial charge is 0.493 e. The molecule has 0 radical (unpaired) electrons. The molecule has 0 spiro atoms. The van der Waals surface area contributed by atoms with Gasteiger partial charge in [-0.05, 0) is 31.0 Å². The predicted octanol–water partition coefficient (Wildman–Crippen LogP) is 2.76. The molecule has 8 heteroatoms. The zero-order valence-electron chi connectivity index (χ0n) is 18.3. The van der Waals surface area contributed by atoms with Crippen LogP contribution in [-0.2, 0) is 13.1 Å². The van der Waals surface area contributed by atoms with Gasteiger partial charge in [0.15, 0.2) is 17.5 Å². The smallest absolute Gasteiger partial charge is 0.194 e. The summed E-state index contributed by atoms with van der Waals surface area (Å²) >= 11 is 0. The van der Waals surface area contributed by atoms with Crippen LogP contribution in [0.1, 0.15) is 31.5 Å². The van der Waals surface area contributed by atoms with Gasteiger partial charge in [-0.2, -0.15) is 0 Å². The normalized spacial score (nSPS) is 15.3. The van der Waals surface area contributed by atoms with Crippen LogP contribution in [0, 0.1) is 0 Å². The number of rotatable bonds is 9. The van der Waals surface area contributed by atoms with E-state index in [4.69, 9.17) is 19.0 Å². The highest BCUT2D eigenvalue weighted by atomic mass is 16.5. The van der Waals surface area contributed by atoms with Crippen LogP contribution >= 0.6 is 0 Å². The molecule has 1 aromatic heterocycles. The lowest BCUT2D eigenvalue weighted by Gasteiger charge is -2.36. The number of nitrogens with one attached hydrogen (secondary N) is 1. The summed E-state index contributed by atoms with van der Waals surface area (Å²) in [5, 5.41) is 7.43. The number of piperazine rings is 1. The number of guanidine groups is 1. The van der Waals surface area contributed by atoms with Crippen LogP contribution in [-0.4, -0.2) is 67.4 Å². The summed E-state index contributed by atoms with van der Waals surface area (Å²) in [7, 11) is 1.67. The van der Waals surface area contributed by atoms with E-state index in [0.29, 0.717) is 13.2 Å². The lowest BCUT2D eigenvalue weighted by Crippen LogP contribution is -2.52. The number of aliphatic imine (C=N–C) groups is 1. The lowest BCUT2D eigenvalue weighted by atomic mass is 10.2. The van der Waals surface area contributed by atoms with Crippen LogP contribution in [0.25, 0.3) is 0 Å². The fraction of sp³-hybridized carbons (Fsp3) is 0.545. The molecule has 1 N–H and O–H groups in total. The molecule has 0 amide bonds. The minimum Gasteiger partial charge on any atom is -0.493 e. The monoisotopic (exact) mass is 415 g/mol. The van der Waals surface area contributed by atoms with Crippen LogP contribution < -0.4 is 14.8 Å². The average molecular weight is 416 g/mol. The Morgan fingerprint density at radius 3 is 2.67 bits per heavy atom. The standard InChI is InChI=1S/C22H33N5O3/c1-4-13-29-20-7-6-18(15-21(20)28-3)16-24-22(23-5-2)27-11-9-26(10-12-27)17-19-8-14-30-25-19/h6-8,14-15H,4-5,9-13,16-17H2,1-3H3,(H,23,24). The van der Waals surface area contributed by atoms with Gasteiger partial charge in [0, 0.05) is 45.3 Å². The Morgan fingerprint density at radius 1 is 1.17 bits per heavy atom. The molecular weight excluding hydrogens is 382 g/mol. The first-order valence-corrected chi connectivity index (χ1v) is 10.7. The topological polar surface area (TPSA) is 75.4 Å². The Balaban J connectivity index is 1.59. The molecule has 8 nitrogen and oxygen atoms in total. The number of aromatic nitrogens is 1. The number of methoxy groups -OCH3 is 1. The second-order valence-electron chi connectivity index (χ2n) is 7.26. The number of nitrogens with zero attached hydrogens (tertiary/aromatic N) is 4. The third kappa shape index (κ3) is 6.13. The molecule has 0 unspecified atom stereocenters. The van der Waals surface area contributed by atoms with Gasteiger partial charge in [0.2, 0.25) is 0 Å². The van der Waals surface area contributed by atoms with E-state index in [1.807, 2.05) is 18.2 Å². The molecule has 0 saturated carbocycles. The highest BCUT2D eigenvalue weighted by molar-refractivity contribution is 5.80. The number of ether oxygens (including phenoxy) is 2. The van der Waals surface area contributed by atoms with Crippen molar-refractivity contribution in [3.63, 3.8) is 0 Å². The van der Waals surface area contributed by atoms with Crippen molar-refractivity contribution in [3.8, 4) is 11.5 Å². The van der Waals surface area contributed by atoms with Crippen LogP contribution in [0.2, 0.25) is 0 Å². The van der Waals surface area contributed by atoms with E-state index in [1.54, 1.807) is 13.4 Å². The molecule has 1 aromatic carbocycles. The van der Waals surface area contributed by atoms with Crippen LogP contribution in [0.4, 0.5) is 0 Å². The predicted molar refractivity (Wildman–Crippen MR) is 117 cm³/mol. The third-order valence-corrected chi connectivity index (χ3v) is 4.98. The van der Waals surface area contributed by atoms with Gasteiger partial charge < -0.3 is 24.2 Å². The Hall–Kier alpha value is -2.74. The summed E-state index contributed by atoms with van der Waals surface area (Å²) in [6, 6.07) is 7.95. The molecular formula is C22H33N5O3. The maximum Gasteiger partial charge on any atom is 0.194 e. The maximum absolute atomic E-state index is 5.74. The minimum absolute atomic E-state index is 0.589. The SMILES string of the molecule is CCCOc1ccc(CN=C(NCC)N2CCN(Cc3ccon3)CC2)cc1OC. The Morgan fingerprint density at radius 2 is 2.00 bits per heavy atom. The summed E-state index contributed by atoms with van der Waals surface area (Å²) in [4.78, 5) is 9.57. The van der Waals surface area contributed by atoms with Gasteiger partial charge in [-0.3, -0.25) is 4.90 Å². The molecule has 1 aliphatic rings. The molecule has 0 atom stereocenters. The Bertz CT molecular complexity index is 786. The van der Waals surface area contributed by atoms with Crippen molar-refractivity contribution in [1.29, 1.82) is 0 Å². The van der Waals surface area contributed by atoms with E-state index in [9.17, 15) is 0 Å². The van der Waals surface area contributed by atoms with Gasteiger partial charge >= 0.3 is 0 Å². The zero-order chi connectivity index (χ0) is 21.2. The molecule has 1 saturated heterocycles. The minimum atomic E-state index is 0.589. The first-order valence-electron chi connectivity index (χ1n) is 10.7. The van der Waals surface area contributed by atoms with Crippen LogP contribution in [0.15, 0.2) is 40.0 Å². The first kappa shape index (κ1) is 22.0. The highest BCUT2D eigenvalue weighted by Crippen LogP contribution is 2.28. The second kappa shape index (κ2) is 11.4. The van der Waals surface area contributed by atoms with Crippen molar-refractivity contribution in [2.45, 2.75) is 33.4 Å². The van der Waals surface area contributed by atoms with E-state index >= 15 is 0 Å². The Labute approximate surface area is 178 Å². The summed E-state index contributed by atoms with van der Waals surface area (Å²) in [6.45, 7) is 10.9. The molecule has 0 aliphatic carbocycles. The third-order valence-electron chi connectivity index (χ3n) is 4.98.